The fraction of sp³-hybridized carbons (Fsp3) is 0.464. The van der Waals surface area contributed by atoms with E-state index in [-0.39, 0.29) is 34.5 Å². The van der Waals surface area contributed by atoms with Crippen molar-refractivity contribution in [3.05, 3.63) is 46.1 Å². The molecule has 2 aromatic carbocycles. The van der Waals surface area contributed by atoms with Crippen molar-refractivity contribution in [1.82, 2.24) is 0 Å². The van der Waals surface area contributed by atoms with Crippen LogP contribution < -0.4 is 14.9 Å². The van der Waals surface area contributed by atoms with E-state index in [9.17, 15) is 35.4 Å². The highest BCUT2D eigenvalue weighted by Crippen LogP contribution is 2.41. The van der Waals surface area contributed by atoms with Crippen molar-refractivity contribution in [3.63, 3.8) is 0 Å². The normalized spacial score (nSPS) is 23.4. The second-order valence-corrected chi connectivity index (χ2v) is 10.2. The molecular weight excluding hydrogens is 528 g/mol. The van der Waals surface area contributed by atoms with Crippen LogP contribution in [0.5, 0.6) is 23.0 Å². The Kier molecular flexibility index (Phi) is 8.59. The summed E-state index contributed by atoms with van der Waals surface area (Å²) in [5, 5.41) is 61.7. The van der Waals surface area contributed by atoms with Gasteiger partial charge in [-0.2, -0.15) is 0 Å². The molecule has 1 aliphatic heterocycles. The van der Waals surface area contributed by atoms with Gasteiger partial charge >= 0.3 is 0 Å². The van der Waals surface area contributed by atoms with Crippen molar-refractivity contribution in [3.8, 4) is 34.3 Å². The molecule has 0 bridgehead atoms. The van der Waals surface area contributed by atoms with Crippen molar-refractivity contribution in [2.24, 2.45) is 0 Å². The summed E-state index contributed by atoms with van der Waals surface area (Å²) < 4.78 is 28.1. The predicted octanol–water partition coefficient (Wildman–Crippen LogP) is 1.42. The molecule has 0 radical (unpaired) electrons. The summed E-state index contributed by atoms with van der Waals surface area (Å²) in [6.07, 6.45) is -7.24. The minimum Gasteiger partial charge on any atom is -0.507 e. The molecule has 5 atom stereocenters. The van der Waals surface area contributed by atoms with E-state index in [2.05, 4.69) is 0 Å². The Hall–Kier alpha value is -3.39. The van der Waals surface area contributed by atoms with E-state index < -0.39 is 59.8 Å². The Bertz CT molecular complexity index is 1400. The van der Waals surface area contributed by atoms with E-state index in [1.807, 2.05) is 13.8 Å². The average Bonchev–Trinajstić information content (AvgIpc) is 2.94. The minimum absolute atomic E-state index is 0.0595. The molecule has 12 heteroatoms. The van der Waals surface area contributed by atoms with E-state index in [4.69, 9.17) is 23.4 Å². The van der Waals surface area contributed by atoms with Crippen molar-refractivity contribution in [2.45, 2.75) is 63.0 Å². The van der Waals surface area contributed by atoms with Gasteiger partial charge in [0.05, 0.1) is 19.3 Å². The fourth-order valence-corrected chi connectivity index (χ4v) is 4.46. The Labute approximate surface area is 229 Å². The molecule has 218 valence electrons. The number of rotatable bonds is 9. The number of phenols is 1. The lowest BCUT2D eigenvalue weighted by molar-refractivity contribution is -0.277. The first-order valence-electron chi connectivity index (χ1n) is 12.6. The maximum atomic E-state index is 13.3. The van der Waals surface area contributed by atoms with Crippen LogP contribution in [-0.4, -0.2) is 87.8 Å². The van der Waals surface area contributed by atoms with Gasteiger partial charge in [-0.3, -0.25) is 4.79 Å². The van der Waals surface area contributed by atoms with Gasteiger partial charge in [0.1, 0.15) is 52.6 Å². The summed E-state index contributed by atoms with van der Waals surface area (Å²) in [4.78, 5) is 13.3. The van der Waals surface area contributed by atoms with Gasteiger partial charge in [0.25, 0.3) is 0 Å². The van der Waals surface area contributed by atoms with Crippen molar-refractivity contribution in [2.75, 3.05) is 20.8 Å². The van der Waals surface area contributed by atoms with Gasteiger partial charge in [-0.05, 0) is 51.0 Å². The SMILES string of the molecule is COc1ccc(-c2oc3c(CCC(C)(C)OC)c(OC4OC(CO)C(O)C(O)C4O)cc(O)c3c(=O)c2O)cc1. The number of hydrogen-bond donors (Lipinski definition) is 6. The van der Waals surface area contributed by atoms with Gasteiger partial charge in [-0.25, -0.2) is 0 Å². The lowest BCUT2D eigenvalue weighted by Crippen LogP contribution is -2.60. The van der Waals surface area contributed by atoms with Crippen LogP contribution in [-0.2, 0) is 15.9 Å². The van der Waals surface area contributed by atoms with Crippen LogP contribution in [0.3, 0.4) is 0 Å². The summed E-state index contributed by atoms with van der Waals surface area (Å²) in [6.45, 7) is 3.03. The smallest absolute Gasteiger partial charge is 0.238 e. The Balaban J connectivity index is 1.90. The molecule has 5 unspecified atom stereocenters. The van der Waals surface area contributed by atoms with Gasteiger partial charge in [-0.15, -0.1) is 0 Å². The molecule has 1 aliphatic rings. The maximum Gasteiger partial charge on any atom is 0.238 e. The fourth-order valence-electron chi connectivity index (χ4n) is 4.46. The molecule has 0 amide bonds. The number of hydrogen-bond acceptors (Lipinski definition) is 12. The topological polar surface area (TPSA) is 189 Å². The Morgan fingerprint density at radius 2 is 1.68 bits per heavy atom. The quantitative estimate of drug-likeness (QED) is 0.220. The minimum atomic E-state index is -1.72. The number of ether oxygens (including phenoxy) is 4. The van der Waals surface area contributed by atoms with Gasteiger partial charge in [0.2, 0.25) is 17.5 Å². The molecular formula is C28H34O12. The Morgan fingerprint density at radius 1 is 1.00 bits per heavy atom. The van der Waals surface area contributed by atoms with E-state index in [1.54, 1.807) is 31.4 Å². The monoisotopic (exact) mass is 562 g/mol. The second kappa shape index (κ2) is 11.6. The van der Waals surface area contributed by atoms with Crippen molar-refractivity contribution < 1.29 is 54.0 Å². The maximum absolute atomic E-state index is 13.3. The standard InChI is InChI=1S/C28H34O12/c1-28(2,37-4)10-9-15-17(38-27-24(35)22(33)20(31)18(12-29)39-27)11-16(30)19-21(32)23(34)25(40-26(15)19)13-5-7-14(36-3)8-6-13/h5-8,11,18,20,22,24,27,29-31,33-35H,9-10,12H2,1-4H3. The zero-order chi connectivity index (χ0) is 29.4. The van der Waals surface area contributed by atoms with Crippen LogP contribution in [0.2, 0.25) is 0 Å². The molecule has 0 aliphatic carbocycles. The lowest BCUT2D eigenvalue weighted by atomic mass is 9.95. The molecule has 0 saturated carbocycles. The molecule has 1 aromatic heterocycles. The van der Waals surface area contributed by atoms with Gasteiger partial charge in [-0.1, -0.05) is 0 Å². The average molecular weight is 563 g/mol. The van der Waals surface area contributed by atoms with Crippen LogP contribution in [0, 0.1) is 0 Å². The van der Waals surface area contributed by atoms with Crippen molar-refractivity contribution >= 4 is 11.0 Å². The van der Waals surface area contributed by atoms with E-state index in [0.29, 0.717) is 17.7 Å². The number of benzene rings is 2. The van der Waals surface area contributed by atoms with Crippen LogP contribution in [0.4, 0.5) is 0 Å². The molecule has 6 N–H and O–H groups in total. The third-order valence-electron chi connectivity index (χ3n) is 7.16. The largest absolute Gasteiger partial charge is 0.507 e. The third-order valence-corrected chi connectivity index (χ3v) is 7.16. The van der Waals surface area contributed by atoms with Crippen LogP contribution >= 0.6 is 0 Å². The molecule has 2 heterocycles. The summed E-state index contributed by atoms with van der Waals surface area (Å²) in [7, 11) is 3.04. The molecule has 12 nitrogen and oxygen atoms in total. The van der Waals surface area contributed by atoms with E-state index in [1.165, 1.54) is 7.11 Å². The number of methoxy groups -OCH3 is 2. The van der Waals surface area contributed by atoms with Crippen LogP contribution in [0.1, 0.15) is 25.8 Å². The summed E-state index contributed by atoms with van der Waals surface area (Å²) in [6, 6.07) is 7.53. The first kappa shape index (κ1) is 29.6. The number of aliphatic hydroxyl groups is 4. The zero-order valence-corrected chi connectivity index (χ0v) is 22.5. The molecule has 4 rings (SSSR count). The summed E-state index contributed by atoms with van der Waals surface area (Å²) in [5.74, 6) is -0.956. The van der Waals surface area contributed by atoms with E-state index >= 15 is 0 Å². The second-order valence-electron chi connectivity index (χ2n) is 10.2. The molecule has 40 heavy (non-hydrogen) atoms. The predicted molar refractivity (Wildman–Crippen MR) is 142 cm³/mol. The van der Waals surface area contributed by atoms with Crippen LogP contribution in [0.15, 0.2) is 39.5 Å². The number of fused-ring (bicyclic) bond motifs is 1. The number of aliphatic hydroxyl groups excluding tert-OH is 4. The van der Waals surface area contributed by atoms with Crippen molar-refractivity contribution in [1.29, 1.82) is 0 Å². The molecule has 1 saturated heterocycles. The first-order chi connectivity index (χ1) is 18.9. The molecule has 0 spiro atoms. The highest BCUT2D eigenvalue weighted by atomic mass is 16.7. The molecule has 1 fully saturated rings. The molecule has 3 aromatic rings. The number of aromatic hydroxyl groups is 2. The van der Waals surface area contributed by atoms with Gasteiger partial charge in [0, 0.05) is 24.3 Å². The van der Waals surface area contributed by atoms with Gasteiger partial charge in [0.15, 0.2) is 5.76 Å². The summed E-state index contributed by atoms with van der Waals surface area (Å²) in [5.41, 5.74) is -0.945. The third kappa shape index (κ3) is 5.59. The summed E-state index contributed by atoms with van der Waals surface area (Å²) >= 11 is 0. The number of phenolic OH excluding ortho intramolecular Hbond substituents is 1. The zero-order valence-electron chi connectivity index (χ0n) is 22.5. The van der Waals surface area contributed by atoms with Gasteiger partial charge < -0.3 is 54.0 Å². The number of aryl methyl sites for hydroxylation is 1. The lowest BCUT2D eigenvalue weighted by Gasteiger charge is -2.39. The van der Waals surface area contributed by atoms with E-state index in [0.717, 1.165) is 6.07 Å². The Morgan fingerprint density at radius 3 is 2.27 bits per heavy atom. The first-order valence-corrected chi connectivity index (χ1v) is 12.6. The highest BCUT2D eigenvalue weighted by molar-refractivity contribution is 5.91. The van der Waals surface area contributed by atoms with Crippen LogP contribution in [0.25, 0.3) is 22.3 Å². The highest BCUT2D eigenvalue weighted by Gasteiger charge is 2.45.